The van der Waals surface area contributed by atoms with Crippen molar-refractivity contribution in [3.05, 3.63) is 34.9 Å². The van der Waals surface area contributed by atoms with E-state index >= 15 is 0 Å². The van der Waals surface area contributed by atoms with E-state index in [9.17, 15) is 0 Å². The van der Waals surface area contributed by atoms with Crippen LogP contribution in [0.2, 0.25) is 0 Å². The monoisotopic (exact) mass is 321 g/mol. The molecule has 0 bridgehead atoms. The van der Waals surface area contributed by atoms with Crippen molar-refractivity contribution in [1.82, 2.24) is 20.2 Å². The molecule has 0 radical (unpaired) electrons. The van der Waals surface area contributed by atoms with Gasteiger partial charge in [-0.15, -0.1) is 0 Å². The van der Waals surface area contributed by atoms with Crippen LogP contribution in [0.3, 0.4) is 0 Å². The van der Waals surface area contributed by atoms with Crippen LogP contribution >= 0.6 is 27.7 Å². The molecule has 2 aromatic heterocycles. The molecule has 7 heteroatoms. The van der Waals surface area contributed by atoms with Gasteiger partial charge in [-0.2, -0.15) is 10.1 Å². The number of nitrogen functional groups attached to an aromatic ring is 1. The lowest BCUT2D eigenvalue weighted by Crippen LogP contribution is -1.96. The number of rotatable bonds is 2. The molecule has 90 valence electrons. The molecule has 2 heterocycles. The van der Waals surface area contributed by atoms with Crippen molar-refractivity contribution in [2.75, 3.05) is 5.73 Å². The molecule has 0 saturated heterocycles. The van der Waals surface area contributed by atoms with E-state index in [1.807, 2.05) is 24.3 Å². The number of hydrogen-bond donors (Lipinski definition) is 2. The van der Waals surface area contributed by atoms with E-state index in [2.05, 4.69) is 36.1 Å². The van der Waals surface area contributed by atoms with Crippen molar-refractivity contribution in [3.63, 3.8) is 0 Å². The number of nitrogens with zero attached hydrogens (tertiary/aromatic N) is 3. The second kappa shape index (κ2) is 4.58. The highest BCUT2D eigenvalue weighted by Gasteiger charge is 2.10. The van der Waals surface area contributed by atoms with E-state index in [1.54, 1.807) is 6.20 Å². The summed E-state index contributed by atoms with van der Waals surface area (Å²) in [6, 6.07) is 7.94. The van der Waals surface area contributed by atoms with Crippen molar-refractivity contribution < 1.29 is 0 Å². The van der Waals surface area contributed by atoms with E-state index in [0.717, 1.165) is 19.8 Å². The van der Waals surface area contributed by atoms with E-state index in [4.69, 9.17) is 5.73 Å². The molecule has 3 N–H and O–H groups in total. The highest BCUT2D eigenvalue weighted by molar-refractivity contribution is 9.10. The summed E-state index contributed by atoms with van der Waals surface area (Å²) < 4.78 is 1.02. The van der Waals surface area contributed by atoms with Gasteiger partial charge in [-0.1, -0.05) is 23.9 Å². The van der Waals surface area contributed by atoms with Crippen LogP contribution in [-0.4, -0.2) is 20.2 Å². The molecule has 0 aliphatic heterocycles. The third-order valence-corrected chi connectivity index (χ3v) is 4.37. The highest BCUT2D eigenvalue weighted by atomic mass is 79.9. The largest absolute Gasteiger partial charge is 0.368 e. The fourth-order valence-electron chi connectivity index (χ4n) is 1.53. The molecule has 0 amide bonds. The molecule has 0 fully saturated rings. The van der Waals surface area contributed by atoms with Crippen molar-refractivity contribution in [3.8, 4) is 0 Å². The Labute approximate surface area is 115 Å². The van der Waals surface area contributed by atoms with Gasteiger partial charge in [0, 0.05) is 9.37 Å². The molecule has 18 heavy (non-hydrogen) atoms. The minimum absolute atomic E-state index is 0.237. The summed E-state index contributed by atoms with van der Waals surface area (Å²) in [4.78, 5) is 9.41. The van der Waals surface area contributed by atoms with Gasteiger partial charge < -0.3 is 5.73 Å². The Balaban J connectivity index is 2.10. The van der Waals surface area contributed by atoms with Crippen molar-refractivity contribution >= 4 is 44.7 Å². The summed E-state index contributed by atoms with van der Waals surface area (Å²) in [6.07, 6.45) is 1.70. The van der Waals surface area contributed by atoms with Gasteiger partial charge >= 0.3 is 0 Å². The second-order valence-corrected chi connectivity index (χ2v) is 5.44. The van der Waals surface area contributed by atoms with Gasteiger partial charge in [0.15, 0.2) is 5.65 Å². The summed E-state index contributed by atoms with van der Waals surface area (Å²) in [7, 11) is 0. The molecule has 0 atom stereocenters. The van der Waals surface area contributed by atoms with Gasteiger partial charge in [-0.25, -0.2) is 4.98 Å². The number of anilines is 1. The molecule has 3 aromatic rings. The van der Waals surface area contributed by atoms with Gasteiger partial charge in [0.25, 0.3) is 0 Å². The SMILES string of the molecule is Nc1nc(Sc2ccccc2Br)c2cn[nH]c2n1. The topological polar surface area (TPSA) is 80.5 Å². The Morgan fingerprint density at radius 3 is 2.89 bits per heavy atom. The number of hydrogen-bond acceptors (Lipinski definition) is 5. The first kappa shape index (κ1) is 11.5. The summed E-state index contributed by atoms with van der Waals surface area (Å²) in [5, 5.41) is 8.41. The fourth-order valence-corrected chi connectivity index (χ4v) is 2.98. The Kier molecular flexibility index (Phi) is 2.92. The minimum atomic E-state index is 0.237. The normalized spacial score (nSPS) is 10.9. The number of halogens is 1. The van der Waals surface area contributed by atoms with Gasteiger partial charge in [0.2, 0.25) is 5.95 Å². The van der Waals surface area contributed by atoms with Crippen molar-refractivity contribution in [2.45, 2.75) is 9.92 Å². The standard InChI is InChI=1S/C11H8BrN5S/c12-7-3-1-2-4-8(7)18-10-6-5-14-17-9(6)15-11(13)16-10/h1-5H,(H3,13,14,15,16,17). The lowest BCUT2D eigenvalue weighted by Gasteiger charge is -2.04. The van der Waals surface area contributed by atoms with Crippen LogP contribution in [0.25, 0.3) is 11.0 Å². The van der Waals surface area contributed by atoms with Crippen LogP contribution in [0.4, 0.5) is 5.95 Å². The van der Waals surface area contributed by atoms with Gasteiger partial charge in [0.1, 0.15) is 5.03 Å². The van der Waals surface area contributed by atoms with Gasteiger partial charge in [-0.3, -0.25) is 5.10 Å². The molecule has 0 aliphatic rings. The average Bonchev–Trinajstić information content (AvgIpc) is 2.80. The highest BCUT2D eigenvalue weighted by Crippen LogP contribution is 2.35. The van der Waals surface area contributed by atoms with Gasteiger partial charge in [-0.05, 0) is 28.1 Å². The first-order valence-electron chi connectivity index (χ1n) is 5.13. The first-order valence-corrected chi connectivity index (χ1v) is 6.74. The number of benzene rings is 1. The number of H-pyrrole nitrogens is 1. The number of fused-ring (bicyclic) bond motifs is 1. The molecule has 0 aliphatic carbocycles. The third-order valence-electron chi connectivity index (χ3n) is 2.34. The predicted octanol–water partition coefficient (Wildman–Crippen LogP) is 2.85. The maximum Gasteiger partial charge on any atom is 0.223 e. The number of nitrogens with one attached hydrogen (secondary N) is 1. The van der Waals surface area contributed by atoms with Crippen LogP contribution in [-0.2, 0) is 0 Å². The van der Waals surface area contributed by atoms with Crippen LogP contribution in [0, 0.1) is 0 Å². The number of aromatic nitrogens is 4. The zero-order valence-electron chi connectivity index (χ0n) is 9.09. The van der Waals surface area contributed by atoms with Crippen LogP contribution in [0.5, 0.6) is 0 Å². The lowest BCUT2D eigenvalue weighted by molar-refractivity contribution is 1.08. The number of aromatic amines is 1. The summed E-state index contributed by atoms with van der Waals surface area (Å²) in [5.41, 5.74) is 6.33. The van der Waals surface area contributed by atoms with Crippen molar-refractivity contribution in [1.29, 1.82) is 0 Å². The molecular formula is C11H8BrN5S. The maximum atomic E-state index is 5.68. The molecule has 5 nitrogen and oxygen atoms in total. The maximum absolute atomic E-state index is 5.68. The minimum Gasteiger partial charge on any atom is -0.368 e. The lowest BCUT2D eigenvalue weighted by atomic mass is 10.4. The van der Waals surface area contributed by atoms with Crippen LogP contribution < -0.4 is 5.73 Å². The predicted molar refractivity (Wildman–Crippen MR) is 74.4 cm³/mol. The van der Waals surface area contributed by atoms with Crippen molar-refractivity contribution in [2.24, 2.45) is 0 Å². The average molecular weight is 322 g/mol. The van der Waals surface area contributed by atoms with Crippen LogP contribution in [0.1, 0.15) is 0 Å². The Bertz CT molecular complexity index is 711. The third kappa shape index (κ3) is 2.06. The molecular weight excluding hydrogens is 314 g/mol. The summed E-state index contributed by atoms with van der Waals surface area (Å²) >= 11 is 5.03. The second-order valence-electron chi connectivity index (χ2n) is 3.55. The summed E-state index contributed by atoms with van der Waals surface area (Å²) in [5.74, 6) is 0.237. The van der Waals surface area contributed by atoms with Gasteiger partial charge in [0.05, 0.1) is 11.6 Å². The smallest absolute Gasteiger partial charge is 0.223 e. The van der Waals surface area contributed by atoms with E-state index in [0.29, 0.717) is 5.65 Å². The quantitative estimate of drug-likeness (QED) is 0.709. The summed E-state index contributed by atoms with van der Waals surface area (Å²) in [6.45, 7) is 0. The van der Waals surface area contributed by atoms with Crippen LogP contribution in [0.15, 0.2) is 44.9 Å². The van der Waals surface area contributed by atoms with E-state index in [-0.39, 0.29) is 5.95 Å². The Morgan fingerprint density at radius 1 is 1.22 bits per heavy atom. The Hall–Kier alpha value is -1.60. The molecule has 3 rings (SSSR count). The molecule has 0 unspecified atom stereocenters. The zero-order chi connectivity index (χ0) is 12.5. The van der Waals surface area contributed by atoms with E-state index < -0.39 is 0 Å². The number of nitrogens with two attached hydrogens (primary N) is 1. The Morgan fingerprint density at radius 2 is 2.06 bits per heavy atom. The fraction of sp³-hybridized carbons (Fsp3) is 0. The van der Waals surface area contributed by atoms with E-state index in [1.165, 1.54) is 11.8 Å². The molecule has 1 aromatic carbocycles. The first-order chi connectivity index (χ1) is 8.74. The molecule has 0 spiro atoms. The molecule has 0 saturated carbocycles. The zero-order valence-corrected chi connectivity index (χ0v) is 11.5.